The molecule has 0 N–H and O–H groups in total. The summed E-state index contributed by atoms with van der Waals surface area (Å²) in [5.74, 6) is 0.416. The minimum Gasteiger partial charge on any atom is -0.371 e. The standard InChI is InChI=1S/C25H41NO4S/c1-6-25(7-2)20-26(16-17-30-25)22-14-12-21(13-15-22)19-23(27)11-9-8-10-18-31(28,29)24(3,4)5/h12-15H,6-11,16-20H2,1-5H3. The predicted octanol–water partition coefficient (Wildman–Crippen LogP) is 4.97. The molecule has 0 aromatic heterocycles. The number of unbranched alkanes of at least 4 members (excludes halogenated alkanes) is 2. The summed E-state index contributed by atoms with van der Waals surface area (Å²) in [6.45, 7) is 12.1. The molecule has 1 aromatic carbocycles. The van der Waals surface area contributed by atoms with E-state index in [4.69, 9.17) is 4.74 Å². The molecule has 1 aliphatic rings. The molecule has 0 atom stereocenters. The van der Waals surface area contributed by atoms with Crippen LogP contribution in [0.3, 0.4) is 0 Å². The van der Waals surface area contributed by atoms with E-state index in [0.717, 1.165) is 50.9 Å². The van der Waals surface area contributed by atoms with Crippen molar-refractivity contribution in [2.75, 3.05) is 30.3 Å². The van der Waals surface area contributed by atoms with Crippen LogP contribution in [0, 0.1) is 0 Å². The van der Waals surface area contributed by atoms with Gasteiger partial charge in [-0.1, -0.05) is 32.4 Å². The molecule has 176 valence electrons. The highest BCUT2D eigenvalue weighted by Crippen LogP contribution is 2.29. The SMILES string of the molecule is CCC1(CC)CN(c2ccc(CC(=O)CCCCCS(=O)(=O)C(C)(C)C)cc2)CCO1. The van der Waals surface area contributed by atoms with Crippen LogP contribution in [0.5, 0.6) is 0 Å². The van der Waals surface area contributed by atoms with Crippen molar-refractivity contribution in [2.24, 2.45) is 0 Å². The second-order valence-electron chi connectivity index (χ2n) is 9.78. The summed E-state index contributed by atoms with van der Waals surface area (Å²) in [7, 11) is -3.07. The van der Waals surface area contributed by atoms with Crippen molar-refractivity contribution in [1.82, 2.24) is 0 Å². The van der Waals surface area contributed by atoms with Crippen molar-refractivity contribution in [2.45, 2.75) is 89.9 Å². The zero-order valence-corrected chi connectivity index (χ0v) is 20.9. The van der Waals surface area contributed by atoms with Crippen LogP contribution in [0.25, 0.3) is 0 Å². The molecule has 0 aliphatic carbocycles. The van der Waals surface area contributed by atoms with Crippen LogP contribution >= 0.6 is 0 Å². The number of ether oxygens (including phenoxy) is 1. The highest BCUT2D eigenvalue weighted by Gasteiger charge is 2.33. The molecule has 1 heterocycles. The fraction of sp³-hybridized carbons (Fsp3) is 0.720. The Hall–Kier alpha value is -1.40. The normalized spacial score (nSPS) is 17.0. The minimum atomic E-state index is -3.07. The number of rotatable bonds is 11. The summed E-state index contributed by atoms with van der Waals surface area (Å²) in [5, 5.41) is 0. The van der Waals surface area contributed by atoms with Crippen LogP contribution in [-0.4, -0.2) is 50.0 Å². The summed E-state index contributed by atoms with van der Waals surface area (Å²) < 4.78 is 29.6. The van der Waals surface area contributed by atoms with E-state index >= 15 is 0 Å². The van der Waals surface area contributed by atoms with E-state index in [-0.39, 0.29) is 17.1 Å². The largest absolute Gasteiger partial charge is 0.371 e. The van der Waals surface area contributed by atoms with Gasteiger partial charge >= 0.3 is 0 Å². The predicted molar refractivity (Wildman–Crippen MR) is 129 cm³/mol. The Morgan fingerprint density at radius 2 is 1.71 bits per heavy atom. The van der Waals surface area contributed by atoms with Crippen LogP contribution in [-0.2, 0) is 25.8 Å². The van der Waals surface area contributed by atoms with Gasteiger partial charge in [0, 0.05) is 31.6 Å². The number of hydrogen-bond donors (Lipinski definition) is 0. The summed E-state index contributed by atoms with van der Waals surface area (Å²) in [5.41, 5.74) is 2.17. The first kappa shape index (κ1) is 25.9. The van der Waals surface area contributed by atoms with Gasteiger partial charge in [-0.15, -0.1) is 0 Å². The third kappa shape index (κ3) is 7.31. The van der Waals surface area contributed by atoms with E-state index in [1.54, 1.807) is 20.8 Å². The molecule has 1 saturated heterocycles. The Kier molecular flexibility index (Phi) is 9.14. The first-order valence-corrected chi connectivity index (χ1v) is 13.4. The molecule has 0 unspecified atom stereocenters. The summed E-state index contributed by atoms with van der Waals surface area (Å²) in [6, 6.07) is 8.33. The van der Waals surface area contributed by atoms with Gasteiger partial charge in [0.05, 0.1) is 22.7 Å². The molecule has 0 radical (unpaired) electrons. The summed E-state index contributed by atoms with van der Waals surface area (Å²) in [4.78, 5) is 14.7. The van der Waals surface area contributed by atoms with Gasteiger partial charge < -0.3 is 9.64 Å². The maximum atomic E-state index is 12.3. The molecule has 31 heavy (non-hydrogen) atoms. The number of carbonyl (C=O) groups is 1. The van der Waals surface area contributed by atoms with Crippen molar-refractivity contribution in [1.29, 1.82) is 0 Å². The number of anilines is 1. The first-order valence-electron chi connectivity index (χ1n) is 11.7. The zero-order valence-electron chi connectivity index (χ0n) is 20.1. The monoisotopic (exact) mass is 451 g/mol. The molecule has 2 rings (SSSR count). The number of sulfone groups is 1. The molecule has 1 aromatic rings. The van der Waals surface area contributed by atoms with Gasteiger partial charge in [-0.25, -0.2) is 8.42 Å². The van der Waals surface area contributed by atoms with E-state index in [1.807, 2.05) is 0 Å². The van der Waals surface area contributed by atoms with E-state index in [1.165, 1.54) is 5.69 Å². The summed E-state index contributed by atoms with van der Waals surface area (Å²) >= 11 is 0. The van der Waals surface area contributed by atoms with Crippen molar-refractivity contribution in [3.05, 3.63) is 29.8 Å². The van der Waals surface area contributed by atoms with E-state index < -0.39 is 14.6 Å². The second kappa shape index (κ2) is 11.0. The molecule has 0 spiro atoms. The highest BCUT2D eigenvalue weighted by molar-refractivity contribution is 7.92. The molecule has 0 amide bonds. The Bertz CT molecular complexity index is 805. The topological polar surface area (TPSA) is 63.7 Å². The Morgan fingerprint density at radius 3 is 2.29 bits per heavy atom. The van der Waals surface area contributed by atoms with Gasteiger partial charge in [0.15, 0.2) is 9.84 Å². The van der Waals surface area contributed by atoms with Gasteiger partial charge in [0.2, 0.25) is 0 Å². The van der Waals surface area contributed by atoms with Crippen molar-refractivity contribution >= 4 is 21.3 Å². The first-order chi connectivity index (χ1) is 14.5. The molecule has 1 aliphatic heterocycles. The van der Waals surface area contributed by atoms with Gasteiger partial charge in [-0.05, 0) is 64.2 Å². The number of benzene rings is 1. The van der Waals surface area contributed by atoms with Crippen molar-refractivity contribution in [3.8, 4) is 0 Å². The molecule has 5 nitrogen and oxygen atoms in total. The maximum absolute atomic E-state index is 12.3. The van der Waals surface area contributed by atoms with Crippen LogP contribution in [0.1, 0.15) is 78.7 Å². The number of morpholine rings is 1. The molecule has 0 saturated carbocycles. The molecular weight excluding hydrogens is 410 g/mol. The average Bonchev–Trinajstić information content (AvgIpc) is 2.73. The Balaban J connectivity index is 1.77. The van der Waals surface area contributed by atoms with Gasteiger partial charge in [-0.3, -0.25) is 4.79 Å². The number of Topliss-reactive ketones (excluding diaryl/α,β-unsaturated/α-hetero) is 1. The fourth-order valence-corrected chi connectivity index (χ4v) is 5.18. The third-order valence-corrected chi connectivity index (χ3v) is 9.23. The number of nitrogens with zero attached hydrogens (tertiary/aromatic N) is 1. The van der Waals surface area contributed by atoms with Crippen molar-refractivity contribution in [3.63, 3.8) is 0 Å². The quantitative estimate of drug-likeness (QED) is 0.445. The molecule has 0 bridgehead atoms. The number of ketones is 1. The lowest BCUT2D eigenvalue weighted by Crippen LogP contribution is -2.51. The number of carbonyl (C=O) groups excluding carboxylic acids is 1. The van der Waals surface area contributed by atoms with E-state index in [2.05, 4.69) is 43.0 Å². The Labute approximate surface area is 189 Å². The van der Waals surface area contributed by atoms with Crippen LogP contribution in [0.15, 0.2) is 24.3 Å². The maximum Gasteiger partial charge on any atom is 0.155 e. The summed E-state index contributed by atoms with van der Waals surface area (Å²) in [6.07, 6.45) is 5.11. The lowest BCUT2D eigenvalue weighted by Gasteiger charge is -2.43. The lowest BCUT2D eigenvalue weighted by atomic mass is 9.94. The van der Waals surface area contributed by atoms with Crippen LogP contribution in [0.4, 0.5) is 5.69 Å². The van der Waals surface area contributed by atoms with Crippen LogP contribution in [0.2, 0.25) is 0 Å². The number of hydrogen-bond acceptors (Lipinski definition) is 5. The Morgan fingerprint density at radius 1 is 1.06 bits per heavy atom. The molecule has 1 fully saturated rings. The second-order valence-corrected chi connectivity index (χ2v) is 12.6. The molecular formula is C25H41NO4S. The van der Waals surface area contributed by atoms with Gasteiger partial charge in [-0.2, -0.15) is 0 Å². The third-order valence-electron chi connectivity index (χ3n) is 6.54. The lowest BCUT2D eigenvalue weighted by molar-refractivity contribution is -0.118. The van der Waals surface area contributed by atoms with Gasteiger partial charge in [0.25, 0.3) is 0 Å². The minimum absolute atomic E-state index is 0.0564. The smallest absolute Gasteiger partial charge is 0.155 e. The average molecular weight is 452 g/mol. The zero-order chi connectivity index (χ0) is 23.1. The highest BCUT2D eigenvalue weighted by atomic mass is 32.2. The van der Waals surface area contributed by atoms with E-state index in [9.17, 15) is 13.2 Å². The van der Waals surface area contributed by atoms with E-state index in [0.29, 0.717) is 19.3 Å². The van der Waals surface area contributed by atoms with Crippen LogP contribution < -0.4 is 4.90 Å². The fourth-order valence-electron chi connectivity index (χ4n) is 3.98. The van der Waals surface area contributed by atoms with Gasteiger partial charge in [0.1, 0.15) is 5.78 Å². The van der Waals surface area contributed by atoms with Crippen molar-refractivity contribution < 1.29 is 17.9 Å². The molecule has 6 heteroatoms.